The van der Waals surface area contributed by atoms with Gasteiger partial charge in [-0.1, -0.05) is 0 Å². The van der Waals surface area contributed by atoms with Gasteiger partial charge in [-0.05, 0) is 19.8 Å². The number of hydrogen-bond donors (Lipinski definition) is 1. The zero-order valence-corrected chi connectivity index (χ0v) is 8.47. The van der Waals surface area contributed by atoms with E-state index in [0.717, 1.165) is 23.0 Å². The first-order chi connectivity index (χ1) is 6.24. The Balaban J connectivity index is 1.96. The molecule has 70 valence electrons. The third kappa shape index (κ3) is 2.52. The zero-order chi connectivity index (χ0) is 9.26. The summed E-state index contributed by atoms with van der Waals surface area (Å²) in [5.41, 5.74) is 6.84. The quantitative estimate of drug-likeness (QED) is 0.587. The fraction of sp³-hybridized carbons (Fsp3) is 0.556. The van der Waals surface area contributed by atoms with E-state index in [-0.39, 0.29) is 0 Å². The van der Waals surface area contributed by atoms with Gasteiger partial charge in [-0.25, -0.2) is 4.98 Å². The van der Waals surface area contributed by atoms with Crippen LogP contribution in [0, 0.1) is 6.92 Å². The van der Waals surface area contributed by atoms with E-state index in [1.807, 2.05) is 12.3 Å². The highest BCUT2D eigenvalue weighted by molar-refractivity contribution is 7.09. The summed E-state index contributed by atoms with van der Waals surface area (Å²) in [6.07, 6.45) is 3.13. The molecule has 0 unspecified atom stereocenters. The molecule has 0 saturated heterocycles. The lowest BCUT2D eigenvalue weighted by atomic mass is 10.4. The molecule has 3 nitrogen and oxygen atoms in total. The first-order valence-electron chi connectivity index (χ1n) is 4.47. The Hall–Kier alpha value is -0.900. The third-order valence-electron chi connectivity index (χ3n) is 1.89. The monoisotopic (exact) mass is 195 g/mol. The molecule has 1 aliphatic carbocycles. The number of amidine groups is 1. The molecule has 2 N–H and O–H groups in total. The Bertz CT molecular complexity index is 325. The van der Waals surface area contributed by atoms with Crippen LogP contribution in [0.5, 0.6) is 0 Å². The molecule has 0 amide bonds. The number of aryl methyl sites for hydroxylation is 1. The topological polar surface area (TPSA) is 51.3 Å². The summed E-state index contributed by atoms with van der Waals surface area (Å²) in [5.74, 6) is 0.733. The first kappa shape index (κ1) is 8.69. The molecule has 0 radical (unpaired) electrons. The van der Waals surface area contributed by atoms with E-state index < -0.39 is 0 Å². The fourth-order valence-corrected chi connectivity index (χ4v) is 1.91. The molecule has 0 spiro atoms. The summed E-state index contributed by atoms with van der Waals surface area (Å²) in [6, 6.07) is 0.515. The van der Waals surface area contributed by atoms with E-state index in [4.69, 9.17) is 5.73 Å². The van der Waals surface area contributed by atoms with Gasteiger partial charge in [0.15, 0.2) is 0 Å². The van der Waals surface area contributed by atoms with Crippen LogP contribution in [-0.4, -0.2) is 16.9 Å². The summed E-state index contributed by atoms with van der Waals surface area (Å²) in [5, 5.41) is 3.11. The van der Waals surface area contributed by atoms with E-state index in [2.05, 4.69) is 9.98 Å². The van der Waals surface area contributed by atoms with Crippen molar-refractivity contribution in [3.63, 3.8) is 0 Å². The Morgan fingerprint density at radius 2 is 2.54 bits per heavy atom. The van der Waals surface area contributed by atoms with Crippen molar-refractivity contribution in [3.05, 3.63) is 16.1 Å². The average Bonchev–Trinajstić information content (AvgIpc) is 2.76. The molecule has 1 fully saturated rings. The molecular weight excluding hydrogens is 182 g/mol. The number of thiazole rings is 1. The Labute approximate surface area is 81.7 Å². The summed E-state index contributed by atoms with van der Waals surface area (Å²) in [6.45, 7) is 1.99. The van der Waals surface area contributed by atoms with Crippen LogP contribution in [0.15, 0.2) is 10.4 Å². The highest BCUT2D eigenvalue weighted by Crippen LogP contribution is 2.23. The highest BCUT2D eigenvalue weighted by atomic mass is 32.1. The van der Waals surface area contributed by atoms with Crippen molar-refractivity contribution in [2.45, 2.75) is 32.2 Å². The molecule has 1 aromatic rings. The Morgan fingerprint density at radius 1 is 1.77 bits per heavy atom. The van der Waals surface area contributed by atoms with Gasteiger partial charge in [0.05, 0.1) is 12.5 Å². The molecule has 13 heavy (non-hydrogen) atoms. The average molecular weight is 195 g/mol. The van der Waals surface area contributed by atoms with Crippen LogP contribution in [-0.2, 0) is 6.42 Å². The van der Waals surface area contributed by atoms with Gasteiger partial charge >= 0.3 is 0 Å². The molecule has 4 heteroatoms. The molecule has 0 aliphatic heterocycles. The van der Waals surface area contributed by atoms with Crippen LogP contribution >= 0.6 is 11.3 Å². The number of nitrogens with zero attached hydrogens (tertiary/aromatic N) is 2. The maximum atomic E-state index is 5.77. The van der Waals surface area contributed by atoms with Crippen LogP contribution in [0.4, 0.5) is 0 Å². The molecule has 1 aliphatic rings. The summed E-state index contributed by atoms with van der Waals surface area (Å²) in [4.78, 5) is 8.69. The molecule has 0 atom stereocenters. The maximum Gasteiger partial charge on any atom is 0.101 e. The Morgan fingerprint density at radius 3 is 3.08 bits per heavy atom. The SMILES string of the molecule is Cc1csc(CC(N)=NC2CC2)n1. The van der Waals surface area contributed by atoms with Crippen LogP contribution in [0.2, 0.25) is 0 Å². The van der Waals surface area contributed by atoms with Crippen molar-refractivity contribution >= 4 is 17.2 Å². The van der Waals surface area contributed by atoms with Crippen molar-refractivity contribution in [1.82, 2.24) is 4.98 Å². The first-order valence-corrected chi connectivity index (χ1v) is 5.35. The standard InChI is InChI=1S/C9H13N3S/c1-6-5-13-9(11-6)4-8(10)12-7-2-3-7/h5,7H,2-4H2,1H3,(H2,10,12). The highest BCUT2D eigenvalue weighted by Gasteiger charge is 2.20. The lowest BCUT2D eigenvalue weighted by Gasteiger charge is -1.95. The van der Waals surface area contributed by atoms with Crippen molar-refractivity contribution in [1.29, 1.82) is 0 Å². The second kappa shape index (κ2) is 3.46. The number of aromatic nitrogens is 1. The number of aliphatic imine (C=N–C) groups is 1. The van der Waals surface area contributed by atoms with Gasteiger partial charge in [-0.15, -0.1) is 11.3 Å². The smallest absolute Gasteiger partial charge is 0.101 e. The summed E-state index contributed by atoms with van der Waals surface area (Å²) >= 11 is 1.65. The van der Waals surface area contributed by atoms with Gasteiger partial charge in [-0.2, -0.15) is 0 Å². The van der Waals surface area contributed by atoms with Crippen LogP contribution in [0.1, 0.15) is 23.5 Å². The molecule has 0 aromatic carbocycles. The predicted octanol–water partition coefficient (Wildman–Crippen LogP) is 1.51. The van der Waals surface area contributed by atoms with Crippen molar-refractivity contribution in [2.75, 3.05) is 0 Å². The van der Waals surface area contributed by atoms with Crippen molar-refractivity contribution < 1.29 is 0 Å². The maximum absolute atomic E-state index is 5.77. The minimum atomic E-state index is 0.515. The second-order valence-electron chi connectivity index (χ2n) is 3.41. The van der Waals surface area contributed by atoms with E-state index in [9.17, 15) is 0 Å². The normalized spacial score (nSPS) is 17.8. The number of nitrogens with two attached hydrogens (primary N) is 1. The van der Waals surface area contributed by atoms with Crippen LogP contribution < -0.4 is 5.73 Å². The molecule has 1 heterocycles. The minimum Gasteiger partial charge on any atom is -0.387 e. The van der Waals surface area contributed by atoms with Crippen molar-refractivity contribution in [3.8, 4) is 0 Å². The third-order valence-corrected chi connectivity index (χ3v) is 2.86. The van der Waals surface area contributed by atoms with Gasteiger partial charge in [0, 0.05) is 11.1 Å². The summed E-state index contributed by atoms with van der Waals surface area (Å²) < 4.78 is 0. The lowest BCUT2D eigenvalue weighted by Crippen LogP contribution is -2.15. The molecule has 0 bridgehead atoms. The van der Waals surface area contributed by atoms with Gasteiger partial charge in [0.25, 0.3) is 0 Å². The largest absolute Gasteiger partial charge is 0.387 e. The Kier molecular flexibility index (Phi) is 2.31. The van der Waals surface area contributed by atoms with Crippen LogP contribution in [0.25, 0.3) is 0 Å². The minimum absolute atomic E-state index is 0.515. The summed E-state index contributed by atoms with van der Waals surface area (Å²) in [7, 11) is 0. The van der Waals surface area contributed by atoms with Gasteiger partial charge in [0.1, 0.15) is 10.8 Å². The van der Waals surface area contributed by atoms with E-state index >= 15 is 0 Å². The molecule has 1 saturated carbocycles. The van der Waals surface area contributed by atoms with Gasteiger partial charge in [0.2, 0.25) is 0 Å². The number of rotatable bonds is 3. The van der Waals surface area contributed by atoms with Crippen molar-refractivity contribution in [2.24, 2.45) is 10.7 Å². The van der Waals surface area contributed by atoms with E-state index in [1.54, 1.807) is 11.3 Å². The fourth-order valence-electron chi connectivity index (χ4n) is 1.12. The van der Waals surface area contributed by atoms with E-state index in [0.29, 0.717) is 6.04 Å². The van der Waals surface area contributed by atoms with Gasteiger partial charge in [-0.3, -0.25) is 4.99 Å². The van der Waals surface area contributed by atoms with Gasteiger partial charge < -0.3 is 5.73 Å². The predicted molar refractivity (Wildman–Crippen MR) is 55.2 cm³/mol. The molecular formula is C9H13N3S. The zero-order valence-electron chi connectivity index (χ0n) is 7.66. The lowest BCUT2D eigenvalue weighted by molar-refractivity contribution is 1.03. The van der Waals surface area contributed by atoms with E-state index in [1.165, 1.54) is 12.8 Å². The van der Waals surface area contributed by atoms with Crippen LogP contribution in [0.3, 0.4) is 0 Å². The second-order valence-corrected chi connectivity index (χ2v) is 4.35. The molecule has 1 aromatic heterocycles. The number of hydrogen-bond acceptors (Lipinski definition) is 3. The molecule has 2 rings (SSSR count).